The van der Waals surface area contributed by atoms with E-state index in [-0.39, 0.29) is 5.82 Å². The van der Waals surface area contributed by atoms with Crippen molar-refractivity contribution in [3.63, 3.8) is 0 Å². The fourth-order valence-corrected chi connectivity index (χ4v) is 2.83. The van der Waals surface area contributed by atoms with Crippen LogP contribution in [0.3, 0.4) is 0 Å². The van der Waals surface area contributed by atoms with Crippen molar-refractivity contribution in [2.75, 3.05) is 24.2 Å². The average Bonchev–Trinajstić information content (AvgIpc) is 2.79. The lowest BCUT2D eigenvalue weighted by Crippen LogP contribution is -2.23. The number of halogens is 2. The van der Waals surface area contributed by atoms with Crippen molar-refractivity contribution in [1.29, 1.82) is 0 Å². The minimum atomic E-state index is -0.234. The van der Waals surface area contributed by atoms with Crippen molar-refractivity contribution in [1.82, 2.24) is 0 Å². The summed E-state index contributed by atoms with van der Waals surface area (Å²) in [6, 6.07) is 3.12. The quantitative estimate of drug-likeness (QED) is 0.637. The summed E-state index contributed by atoms with van der Waals surface area (Å²) in [5.41, 5.74) is 7.14. The van der Waals surface area contributed by atoms with Crippen molar-refractivity contribution in [2.45, 2.75) is 25.9 Å². The molecule has 3 N–H and O–H groups in total. The highest BCUT2D eigenvalue weighted by molar-refractivity contribution is 14.1. The molecule has 1 aromatic carbocycles. The predicted octanol–water partition coefficient (Wildman–Crippen LogP) is 3.24. The highest BCUT2D eigenvalue weighted by Gasteiger charge is 2.26. The van der Waals surface area contributed by atoms with E-state index in [0.29, 0.717) is 27.0 Å². The molecule has 1 aromatic rings. The third-order valence-electron chi connectivity index (χ3n) is 3.40. The molecule has 18 heavy (non-hydrogen) atoms. The summed E-state index contributed by atoms with van der Waals surface area (Å²) in [7, 11) is 0. The van der Waals surface area contributed by atoms with Gasteiger partial charge in [-0.15, -0.1) is 0 Å². The largest absolute Gasteiger partial charge is 0.397 e. The van der Waals surface area contributed by atoms with Gasteiger partial charge in [0.1, 0.15) is 5.82 Å². The molecule has 2 unspecified atom stereocenters. The fourth-order valence-electron chi connectivity index (χ4n) is 2.33. The van der Waals surface area contributed by atoms with Gasteiger partial charge in [-0.2, -0.15) is 0 Å². The Bertz CT molecular complexity index is 428. The van der Waals surface area contributed by atoms with E-state index in [0.717, 1.165) is 26.0 Å². The van der Waals surface area contributed by atoms with E-state index >= 15 is 0 Å². The lowest BCUT2D eigenvalue weighted by Gasteiger charge is -2.18. The molecule has 5 heteroatoms. The first kappa shape index (κ1) is 13.9. The first-order chi connectivity index (χ1) is 8.61. The Hall–Kier alpha value is -0.560. The second-order valence-corrected chi connectivity index (χ2v) is 5.76. The van der Waals surface area contributed by atoms with Crippen LogP contribution in [0, 0.1) is 15.3 Å². The van der Waals surface area contributed by atoms with Crippen LogP contribution in [-0.2, 0) is 4.74 Å². The average molecular weight is 364 g/mol. The van der Waals surface area contributed by atoms with Crippen LogP contribution >= 0.6 is 22.6 Å². The zero-order valence-corrected chi connectivity index (χ0v) is 12.5. The van der Waals surface area contributed by atoms with Gasteiger partial charge >= 0.3 is 0 Å². The number of nitrogens with one attached hydrogen (secondary N) is 1. The Balaban J connectivity index is 2.00. The van der Waals surface area contributed by atoms with Crippen LogP contribution in [0.25, 0.3) is 0 Å². The van der Waals surface area contributed by atoms with Gasteiger partial charge in [0, 0.05) is 25.1 Å². The maximum Gasteiger partial charge on any atom is 0.138 e. The molecule has 1 aliphatic heterocycles. The first-order valence-electron chi connectivity index (χ1n) is 6.21. The molecule has 1 saturated heterocycles. The molecule has 1 fully saturated rings. The summed E-state index contributed by atoms with van der Waals surface area (Å²) < 4.78 is 19.7. The molecule has 0 aromatic heterocycles. The Morgan fingerprint density at radius 1 is 1.56 bits per heavy atom. The highest BCUT2D eigenvalue weighted by atomic mass is 127. The number of hydrogen-bond acceptors (Lipinski definition) is 3. The van der Waals surface area contributed by atoms with Gasteiger partial charge in [-0.25, -0.2) is 4.39 Å². The third-order valence-corrected chi connectivity index (χ3v) is 4.22. The van der Waals surface area contributed by atoms with Crippen molar-refractivity contribution < 1.29 is 9.13 Å². The molecule has 0 saturated carbocycles. The number of nitrogen functional groups attached to an aromatic ring is 1. The van der Waals surface area contributed by atoms with Crippen LogP contribution in [0.5, 0.6) is 0 Å². The van der Waals surface area contributed by atoms with E-state index < -0.39 is 0 Å². The van der Waals surface area contributed by atoms with Crippen LogP contribution in [-0.4, -0.2) is 19.3 Å². The fraction of sp³-hybridized carbons (Fsp3) is 0.538. The molecule has 0 radical (unpaired) electrons. The van der Waals surface area contributed by atoms with E-state index in [1.54, 1.807) is 6.07 Å². The zero-order chi connectivity index (χ0) is 13.1. The van der Waals surface area contributed by atoms with Gasteiger partial charge in [-0.3, -0.25) is 0 Å². The van der Waals surface area contributed by atoms with Gasteiger partial charge in [0.2, 0.25) is 0 Å². The van der Waals surface area contributed by atoms with Gasteiger partial charge in [0.15, 0.2) is 0 Å². The van der Waals surface area contributed by atoms with Gasteiger partial charge in [0.25, 0.3) is 0 Å². The molecule has 100 valence electrons. The summed E-state index contributed by atoms with van der Waals surface area (Å²) >= 11 is 1.94. The summed E-state index contributed by atoms with van der Waals surface area (Å²) in [6.07, 6.45) is 2.38. The normalized spacial score (nSPS) is 23.3. The smallest absolute Gasteiger partial charge is 0.138 e. The van der Waals surface area contributed by atoms with E-state index in [2.05, 4.69) is 12.2 Å². The topological polar surface area (TPSA) is 47.3 Å². The van der Waals surface area contributed by atoms with Crippen LogP contribution in [0.4, 0.5) is 15.8 Å². The second kappa shape index (κ2) is 6.06. The van der Waals surface area contributed by atoms with E-state index in [4.69, 9.17) is 10.5 Å². The van der Waals surface area contributed by atoms with Crippen molar-refractivity contribution in [2.24, 2.45) is 5.92 Å². The number of nitrogens with two attached hydrogens (primary N) is 1. The second-order valence-electron chi connectivity index (χ2n) is 4.60. The molecule has 3 nitrogen and oxygen atoms in total. The molecular weight excluding hydrogens is 346 g/mol. The molecule has 2 rings (SSSR count). The number of hydrogen-bond donors (Lipinski definition) is 2. The Morgan fingerprint density at radius 3 is 3.06 bits per heavy atom. The SMILES string of the molecule is CCC1OCCC1CNc1cc(F)c(I)cc1N. The molecule has 0 amide bonds. The molecule has 2 atom stereocenters. The van der Waals surface area contributed by atoms with Gasteiger partial charge in [-0.1, -0.05) is 6.92 Å². The zero-order valence-electron chi connectivity index (χ0n) is 10.4. The summed E-state index contributed by atoms with van der Waals surface area (Å²) in [6.45, 7) is 3.73. The highest BCUT2D eigenvalue weighted by Crippen LogP contribution is 2.27. The van der Waals surface area contributed by atoms with Crippen molar-refractivity contribution in [3.8, 4) is 0 Å². The lowest BCUT2D eigenvalue weighted by atomic mass is 9.99. The molecule has 0 spiro atoms. The minimum Gasteiger partial charge on any atom is -0.397 e. The van der Waals surface area contributed by atoms with Crippen LogP contribution < -0.4 is 11.1 Å². The van der Waals surface area contributed by atoms with Crippen LogP contribution in [0.1, 0.15) is 19.8 Å². The standard InChI is InChI=1S/C13H18FIN2O/c1-2-13-8(3-4-18-13)7-17-12-5-9(14)10(15)6-11(12)16/h5-6,8,13,17H,2-4,7,16H2,1H3. The number of benzene rings is 1. The van der Waals surface area contributed by atoms with Crippen LogP contribution in [0.15, 0.2) is 12.1 Å². The van der Waals surface area contributed by atoms with Crippen molar-refractivity contribution >= 4 is 34.0 Å². The number of ether oxygens (including phenoxy) is 1. The Labute approximate surface area is 120 Å². The van der Waals surface area contributed by atoms with Gasteiger partial charge in [-0.05, 0) is 41.5 Å². The predicted molar refractivity (Wildman–Crippen MR) is 80.2 cm³/mol. The monoisotopic (exact) mass is 364 g/mol. The summed E-state index contributed by atoms with van der Waals surface area (Å²) in [5, 5.41) is 3.24. The Kier molecular flexibility index (Phi) is 4.66. The van der Waals surface area contributed by atoms with E-state index in [1.807, 2.05) is 22.6 Å². The molecule has 1 heterocycles. The molecule has 0 bridgehead atoms. The summed E-state index contributed by atoms with van der Waals surface area (Å²) in [4.78, 5) is 0. The van der Waals surface area contributed by atoms with Crippen LogP contribution in [0.2, 0.25) is 0 Å². The lowest BCUT2D eigenvalue weighted by molar-refractivity contribution is 0.0900. The maximum absolute atomic E-state index is 13.5. The Morgan fingerprint density at radius 2 is 2.33 bits per heavy atom. The molecular formula is C13H18FIN2O. The number of rotatable bonds is 4. The van der Waals surface area contributed by atoms with Gasteiger partial charge in [0.05, 0.1) is 21.0 Å². The van der Waals surface area contributed by atoms with Gasteiger partial charge < -0.3 is 15.8 Å². The molecule has 0 aliphatic carbocycles. The molecule has 1 aliphatic rings. The summed E-state index contributed by atoms with van der Waals surface area (Å²) in [5.74, 6) is 0.249. The van der Waals surface area contributed by atoms with E-state index in [9.17, 15) is 4.39 Å². The van der Waals surface area contributed by atoms with E-state index in [1.165, 1.54) is 6.07 Å². The van der Waals surface area contributed by atoms with Crippen molar-refractivity contribution in [3.05, 3.63) is 21.5 Å². The number of anilines is 2. The first-order valence-corrected chi connectivity index (χ1v) is 7.29. The third kappa shape index (κ3) is 3.06. The minimum absolute atomic E-state index is 0.234. The maximum atomic E-state index is 13.5.